The van der Waals surface area contributed by atoms with Crippen LogP contribution in [0.15, 0.2) is 12.7 Å². The Morgan fingerprint density at radius 3 is 2.38 bits per heavy atom. The second-order valence-corrected chi connectivity index (χ2v) is 3.96. The van der Waals surface area contributed by atoms with Gasteiger partial charge < -0.3 is 10.5 Å². The maximum atomic E-state index is 11.1. The fourth-order valence-electron chi connectivity index (χ4n) is 1.51. The molecule has 0 aromatic heterocycles. The van der Waals surface area contributed by atoms with Gasteiger partial charge in [-0.1, -0.05) is 31.8 Å². The van der Waals surface area contributed by atoms with Crippen molar-refractivity contribution in [2.24, 2.45) is 5.73 Å². The lowest BCUT2D eigenvalue weighted by Gasteiger charge is -2.03. The van der Waals surface area contributed by atoms with Gasteiger partial charge in [-0.15, -0.1) is 6.58 Å². The molecule has 0 heterocycles. The normalized spacial score (nSPS) is 10.1. The van der Waals surface area contributed by atoms with E-state index >= 15 is 0 Å². The summed E-state index contributed by atoms with van der Waals surface area (Å²) in [6.45, 7) is 4.45. The predicted molar refractivity (Wildman–Crippen MR) is 67.1 cm³/mol. The molecule has 0 spiro atoms. The maximum absolute atomic E-state index is 11.1. The molecule has 2 N–H and O–H groups in total. The maximum Gasteiger partial charge on any atom is 0.305 e. The van der Waals surface area contributed by atoms with Gasteiger partial charge in [0.1, 0.15) is 6.61 Å². The third-order valence-corrected chi connectivity index (χ3v) is 2.42. The number of carbonyl (C=O) groups excluding carboxylic acids is 1. The lowest BCUT2D eigenvalue weighted by atomic mass is 10.1. The van der Waals surface area contributed by atoms with E-state index in [0.717, 1.165) is 19.3 Å². The van der Waals surface area contributed by atoms with E-state index < -0.39 is 0 Å². The number of ether oxygens (including phenoxy) is 1. The molecule has 0 radical (unpaired) electrons. The van der Waals surface area contributed by atoms with Crippen LogP contribution in [0.3, 0.4) is 0 Å². The van der Waals surface area contributed by atoms with Crippen LogP contribution >= 0.6 is 0 Å². The first-order valence-electron chi connectivity index (χ1n) is 6.28. The molecule has 0 aliphatic heterocycles. The molecular weight excluding hydrogens is 202 g/mol. The van der Waals surface area contributed by atoms with Gasteiger partial charge in [-0.05, 0) is 19.3 Å². The van der Waals surface area contributed by atoms with Crippen LogP contribution in [0.4, 0.5) is 0 Å². The molecule has 0 amide bonds. The fraction of sp³-hybridized carbons (Fsp3) is 0.769. The van der Waals surface area contributed by atoms with Gasteiger partial charge in [0.05, 0.1) is 0 Å². The predicted octanol–water partition coefficient (Wildman–Crippen LogP) is 2.80. The van der Waals surface area contributed by atoms with E-state index in [9.17, 15) is 4.79 Å². The van der Waals surface area contributed by atoms with Crippen LogP contribution in [0.25, 0.3) is 0 Å². The highest BCUT2D eigenvalue weighted by molar-refractivity contribution is 5.69. The monoisotopic (exact) mass is 227 g/mol. The number of hydrogen-bond acceptors (Lipinski definition) is 3. The van der Waals surface area contributed by atoms with Crippen LogP contribution in [0, 0.1) is 0 Å². The van der Waals surface area contributed by atoms with Crippen molar-refractivity contribution in [1.82, 2.24) is 0 Å². The van der Waals surface area contributed by atoms with E-state index in [-0.39, 0.29) is 5.97 Å². The largest absolute Gasteiger partial charge is 0.464 e. The van der Waals surface area contributed by atoms with E-state index in [0.29, 0.717) is 19.6 Å². The first kappa shape index (κ1) is 15.2. The van der Waals surface area contributed by atoms with Gasteiger partial charge in [-0.25, -0.2) is 0 Å². The van der Waals surface area contributed by atoms with Crippen molar-refractivity contribution in [2.75, 3.05) is 13.2 Å². The van der Waals surface area contributed by atoms with Crippen molar-refractivity contribution in [3.05, 3.63) is 12.7 Å². The van der Waals surface area contributed by atoms with Crippen molar-refractivity contribution >= 4 is 5.97 Å². The third-order valence-electron chi connectivity index (χ3n) is 2.42. The second kappa shape index (κ2) is 12.2. The van der Waals surface area contributed by atoms with Gasteiger partial charge in [-0.2, -0.15) is 0 Å². The number of nitrogens with two attached hydrogens (primary N) is 1. The lowest BCUT2D eigenvalue weighted by Crippen LogP contribution is -2.13. The second-order valence-electron chi connectivity index (χ2n) is 3.96. The van der Waals surface area contributed by atoms with E-state index in [1.807, 2.05) is 6.08 Å². The van der Waals surface area contributed by atoms with Crippen LogP contribution in [-0.2, 0) is 9.53 Å². The minimum absolute atomic E-state index is 0.114. The van der Waals surface area contributed by atoms with Gasteiger partial charge in [0, 0.05) is 13.0 Å². The first-order chi connectivity index (χ1) is 7.81. The Hall–Kier alpha value is -0.830. The third kappa shape index (κ3) is 11.2. The highest BCUT2D eigenvalue weighted by Gasteiger charge is 2.01. The molecule has 3 heteroatoms. The SMILES string of the molecule is C=CCCCCCCCCC(=O)OCCN. The minimum atomic E-state index is -0.114. The number of esters is 1. The molecule has 0 aliphatic carbocycles. The summed E-state index contributed by atoms with van der Waals surface area (Å²) >= 11 is 0. The van der Waals surface area contributed by atoms with Gasteiger partial charge >= 0.3 is 5.97 Å². The molecule has 0 saturated heterocycles. The van der Waals surface area contributed by atoms with Crippen LogP contribution in [0.2, 0.25) is 0 Å². The molecule has 0 aromatic rings. The molecule has 0 aromatic carbocycles. The molecule has 0 aliphatic rings. The Morgan fingerprint density at radius 1 is 1.12 bits per heavy atom. The number of rotatable bonds is 11. The summed E-state index contributed by atoms with van der Waals surface area (Å²) in [6.07, 6.45) is 10.6. The highest BCUT2D eigenvalue weighted by atomic mass is 16.5. The van der Waals surface area contributed by atoms with E-state index in [1.54, 1.807) is 0 Å². The summed E-state index contributed by atoms with van der Waals surface area (Å²) in [6, 6.07) is 0. The van der Waals surface area contributed by atoms with E-state index in [4.69, 9.17) is 10.5 Å². The van der Waals surface area contributed by atoms with E-state index in [2.05, 4.69) is 6.58 Å². The smallest absolute Gasteiger partial charge is 0.305 e. The van der Waals surface area contributed by atoms with Crippen LogP contribution < -0.4 is 5.73 Å². The Kier molecular flexibility index (Phi) is 11.6. The average Bonchev–Trinajstić information content (AvgIpc) is 2.30. The fourth-order valence-corrected chi connectivity index (χ4v) is 1.51. The van der Waals surface area contributed by atoms with Gasteiger partial charge in [0.2, 0.25) is 0 Å². The molecule has 3 nitrogen and oxygen atoms in total. The van der Waals surface area contributed by atoms with Crippen molar-refractivity contribution in [3.8, 4) is 0 Å². The zero-order chi connectivity index (χ0) is 12.1. The van der Waals surface area contributed by atoms with Gasteiger partial charge in [0.15, 0.2) is 0 Å². The molecular formula is C13H25NO2. The zero-order valence-corrected chi connectivity index (χ0v) is 10.2. The molecule has 0 saturated carbocycles. The Morgan fingerprint density at radius 2 is 1.75 bits per heavy atom. The standard InChI is InChI=1S/C13H25NO2/c1-2-3-4-5-6-7-8-9-10-13(15)16-12-11-14/h2H,1,3-12,14H2. The molecule has 0 bridgehead atoms. The molecule has 0 rings (SSSR count). The Balaban J connectivity index is 3.08. The summed E-state index contributed by atoms with van der Waals surface area (Å²) in [5.74, 6) is -0.114. The topological polar surface area (TPSA) is 52.3 Å². The molecule has 0 unspecified atom stereocenters. The molecule has 94 valence electrons. The Labute approximate surface area is 99.0 Å². The average molecular weight is 227 g/mol. The summed E-state index contributed by atoms with van der Waals surface area (Å²) < 4.78 is 4.88. The van der Waals surface area contributed by atoms with Crippen LogP contribution in [0.5, 0.6) is 0 Å². The zero-order valence-electron chi connectivity index (χ0n) is 10.2. The van der Waals surface area contributed by atoms with Crippen LogP contribution in [0.1, 0.15) is 51.4 Å². The summed E-state index contributed by atoms with van der Waals surface area (Å²) in [5, 5.41) is 0. The van der Waals surface area contributed by atoms with Crippen molar-refractivity contribution in [2.45, 2.75) is 51.4 Å². The summed E-state index contributed by atoms with van der Waals surface area (Å²) in [5.41, 5.74) is 5.23. The number of hydrogen-bond donors (Lipinski definition) is 1. The molecule has 16 heavy (non-hydrogen) atoms. The van der Waals surface area contributed by atoms with Gasteiger partial charge in [0.25, 0.3) is 0 Å². The number of unbranched alkanes of at least 4 members (excludes halogenated alkanes) is 6. The Bertz CT molecular complexity index is 181. The molecule has 0 fully saturated rings. The first-order valence-corrected chi connectivity index (χ1v) is 6.28. The quantitative estimate of drug-likeness (QED) is 0.335. The highest BCUT2D eigenvalue weighted by Crippen LogP contribution is 2.09. The summed E-state index contributed by atoms with van der Waals surface area (Å²) in [7, 11) is 0. The number of allylic oxidation sites excluding steroid dienone is 1. The van der Waals surface area contributed by atoms with E-state index in [1.165, 1.54) is 25.7 Å². The molecule has 0 atom stereocenters. The minimum Gasteiger partial charge on any atom is -0.464 e. The number of carbonyl (C=O) groups is 1. The lowest BCUT2D eigenvalue weighted by molar-refractivity contribution is -0.143. The summed E-state index contributed by atoms with van der Waals surface area (Å²) in [4.78, 5) is 11.1. The van der Waals surface area contributed by atoms with Gasteiger partial charge in [-0.3, -0.25) is 4.79 Å². The van der Waals surface area contributed by atoms with Crippen molar-refractivity contribution < 1.29 is 9.53 Å². The van der Waals surface area contributed by atoms with Crippen LogP contribution in [-0.4, -0.2) is 19.1 Å². The van der Waals surface area contributed by atoms with Crippen molar-refractivity contribution in [3.63, 3.8) is 0 Å². The van der Waals surface area contributed by atoms with Crippen molar-refractivity contribution in [1.29, 1.82) is 0 Å².